The first-order valence-electron chi connectivity index (χ1n) is 25.0. The van der Waals surface area contributed by atoms with Gasteiger partial charge in [-0.25, -0.2) is 34.9 Å². The molecular formula is C52H54N14O8S6. The minimum absolute atomic E-state index is 0.00516. The molecule has 7 aromatic heterocycles. The molecule has 28 heteroatoms. The fourth-order valence-corrected chi connectivity index (χ4v) is 13.8. The molecule has 8 aromatic rings. The quantitative estimate of drug-likeness (QED) is 0.0522. The number of hydrogen-bond donors (Lipinski definition) is 8. The van der Waals surface area contributed by atoms with Crippen LogP contribution in [-0.4, -0.2) is 103 Å². The molecule has 4 atom stereocenters. The van der Waals surface area contributed by atoms with E-state index in [-0.39, 0.29) is 47.8 Å². The predicted octanol–water partition coefficient (Wildman–Crippen LogP) is 7.38. The molecule has 6 amide bonds. The normalized spacial score (nSPS) is 16.5. The number of nitrogens with two attached hydrogens (primary N) is 1. The number of aromatic nitrogens is 7. The highest BCUT2D eigenvalue weighted by atomic mass is 32.1. The van der Waals surface area contributed by atoms with Crippen LogP contribution >= 0.6 is 68.0 Å². The third-order valence-electron chi connectivity index (χ3n) is 12.4. The molecule has 0 saturated carbocycles. The van der Waals surface area contributed by atoms with Crippen LogP contribution in [0.2, 0.25) is 0 Å². The van der Waals surface area contributed by atoms with Gasteiger partial charge in [-0.2, -0.15) is 0 Å². The van der Waals surface area contributed by atoms with Crippen molar-refractivity contribution in [3.05, 3.63) is 111 Å². The minimum Gasteiger partial charge on any atom is -0.386 e. The van der Waals surface area contributed by atoms with Crippen molar-refractivity contribution in [2.24, 2.45) is 11.7 Å². The van der Waals surface area contributed by atoms with Gasteiger partial charge in [-0.05, 0) is 49.9 Å². The number of amides is 6. The number of nitrogens with one attached hydrogen (secondary N) is 6. The van der Waals surface area contributed by atoms with Crippen LogP contribution in [-0.2, 0) is 25.7 Å². The second-order valence-corrected chi connectivity index (χ2v) is 24.3. The molecule has 0 radical (unpaired) electrons. The van der Waals surface area contributed by atoms with Crippen LogP contribution in [0.1, 0.15) is 126 Å². The lowest BCUT2D eigenvalue weighted by atomic mass is 10.0. The maximum absolute atomic E-state index is 14.3. The zero-order valence-electron chi connectivity index (χ0n) is 43.6. The lowest BCUT2D eigenvalue weighted by molar-refractivity contribution is -0.122. The van der Waals surface area contributed by atoms with Crippen molar-refractivity contribution >= 4 is 109 Å². The summed E-state index contributed by atoms with van der Waals surface area (Å²) < 4.78 is 5.45. The fourth-order valence-electron chi connectivity index (χ4n) is 8.28. The molecule has 0 saturated heterocycles. The van der Waals surface area contributed by atoms with E-state index in [9.17, 15) is 33.9 Å². The van der Waals surface area contributed by atoms with Crippen LogP contribution in [0.3, 0.4) is 0 Å². The van der Waals surface area contributed by atoms with Gasteiger partial charge >= 0.3 is 0 Å². The number of carbonyl (C=O) groups excluding carboxylic acids is 6. The minimum atomic E-state index is -1.26. The van der Waals surface area contributed by atoms with Crippen LogP contribution in [0.4, 0.5) is 5.82 Å². The number of fused-ring (bicyclic) bond motifs is 14. The Hall–Kier alpha value is -7.15. The smallest absolute Gasteiger partial charge is 0.271 e. The highest BCUT2D eigenvalue weighted by Gasteiger charge is 2.33. The lowest BCUT2D eigenvalue weighted by Crippen LogP contribution is -2.40. The number of benzene rings is 1. The molecule has 9 N–H and O–H groups in total. The number of unbranched alkanes of at least 4 members (excludes halogenated alkanes) is 1. The Morgan fingerprint density at radius 3 is 2.20 bits per heavy atom. The van der Waals surface area contributed by atoms with E-state index in [1.807, 2.05) is 19.9 Å². The van der Waals surface area contributed by atoms with Crippen molar-refractivity contribution < 1.29 is 38.6 Å². The SMILES string of the molecule is CNC(=O)C[C@@H]1NC(=O)c2csc(n2)-c2ccc(-c3nc(NC(=O)CCCCN)cs3)nc2-c2csc(n2)-c2csc(n2)[C@H]([C@@H](O)c2ccccc2)NC(=O)CNC(=O)c2nc(sc2COC)[C@H](C(C)C)NC(=O)c2nc1sc2C. The van der Waals surface area contributed by atoms with E-state index < -0.39 is 54.4 Å². The Morgan fingerprint density at radius 2 is 1.44 bits per heavy atom. The third-order valence-corrected chi connectivity index (χ3v) is 18.1. The molecule has 10 bridgehead atoms. The van der Waals surface area contributed by atoms with Gasteiger partial charge in [0.1, 0.15) is 82.2 Å². The van der Waals surface area contributed by atoms with Gasteiger partial charge in [0.2, 0.25) is 17.7 Å². The summed E-state index contributed by atoms with van der Waals surface area (Å²) in [6.45, 7) is 5.48. The maximum atomic E-state index is 14.3. The highest BCUT2D eigenvalue weighted by molar-refractivity contribution is 7.15. The molecule has 1 aromatic carbocycles. The first-order chi connectivity index (χ1) is 38.6. The summed E-state index contributed by atoms with van der Waals surface area (Å²) in [5.41, 5.74) is 8.52. The number of rotatable bonds is 13. The summed E-state index contributed by atoms with van der Waals surface area (Å²) in [7, 11) is 2.95. The number of pyridine rings is 1. The molecule has 22 nitrogen and oxygen atoms in total. The Balaban J connectivity index is 1.12. The third kappa shape index (κ3) is 13.4. The van der Waals surface area contributed by atoms with Gasteiger partial charge in [0.15, 0.2) is 0 Å². The molecule has 80 heavy (non-hydrogen) atoms. The fraction of sp³-hybridized carbons (Fsp3) is 0.327. The molecule has 1 aliphatic rings. The Kier molecular flexibility index (Phi) is 18.7. The van der Waals surface area contributed by atoms with Crippen molar-refractivity contribution in [2.75, 3.05) is 32.6 Å². The summed E-state index contributed by atoms with van der Waals surface area (Å²) in [4.78, 5) is 117. The maximum Gasteiger partial charge on any atom is 0.271 e. The van der Waals surface area contributed by atoms with Crippen LogP contribution < -0.4 is 37.6 Å². The van der Waals surface area contributed by atoms with Crippen molar-refractivity contribution in [2.45, 2.75) is 77.3 Å². The predicted molar refractivity (Wildman–Crippen MR) is 308 cm³/mol. The van der Waals surface area contributed by atoms with Gasteiger partial charge in [0.05, 0.1) is 42.2 Å². The van der Waals surface area contributed by atoms with E-state index in [2.05, 4.69) is 36.9 Å². The second kappa shape index (κ2) is 26.0. The summed E-state index contributed by atoms with van der Waals surface area (Å²) in [5, 5.41) is 38.2. The van der Waals surface area contributed by atoms with Gasteiger partial charge in [0, 0.05) is 52.5 Å². The Morgan fingerprint density at radius 1 is 0.713 bits per heavy atom. The number of methoxy groups -OCH3 is 1. The molecule has 416 valence electrons. The van der Waals surface area contributed by atoms with Crippen molar-refractivity contribution in [3.63, 3.8) is 0 Å². The topological polar surface area (TPSA) is 320 Å². The van der Waals surface area contributed by atoms with Gasteiger partial charge in [-0.15, -0.1) is 68.0 Å². The van der Waals surface area contributed by atoms with Crippen molar-refractivity contribution in [1.29, 1.82) is 0 Å². The molecule has 0 aliphatic carbocycles. The van der Waals surface area contributed by atoms with Crippen molar-refractivity contribution in [3.8, 4) is 43.4 Å². The Bertz CT molecular complexity index is 3550. The highest BCUT2D eigenvalue weighted by Crippen LogP contribution is 2.40. The molecule has 0 unspecified atom stereocenters. The number of carbonyl (C=O) groups is 6. The van der Waals surface area contributed by atoms with E-state index in [4.69, 9.17) is 40.4 Å². The largest absolute Gasteiger partial charge is 0.386 e. The summed E-state index contributed by atoms with van der Waals surface area (Å²) in [5.74, 6) is -2.88. The van der Waals surface area contributed by atoms with Crippen molar-refractivity contribution in [1.82, 2.24) is 61.5 Å². The van der Waals surface area contributed by atoms with Gasteiger partial charge in [-0.3, -0.25) is 28.8 Å². The molecular weight excluding hydrogens is 1140 g/mol. The number of ether oxygens (including phenoxy) is 1. The number of aryl methyl sites for hydroxylation is 1. The first-order valence-corrected chi connectivity index (χ1v) is 30.2. The van der Waals surface area contributed by atoms with Crippen LogP contribution in [0, 0.1) is 12.8 Å². The number of aliphatic hydroxyl groups is 1. The number of thiazole rings is 6. The zero-order valence-corrected chi connectivity index (χ0v) is 48.5. The number of anilines is 1. The lowest BCUT2D eigenvalue weighted by Gasteiger charge is -2.23. The van der Waals surface area contributed by atoms with E-state index in [0.717, 1.165) is 17.8 Å². The number of nitrogens with zero attached hydrogens (tertiary/aromatic N) is 7. The summed E-state index contributed by atoms with van der Waals surface area (Å²) in [6.07, 6.45) is 0.196. The van der Waals surface area contributed by atoms with E-state index >= 15 is 0 Å². The summed E-state index contributed by atoms with van der Waals surface area (Å²) in [6, 6.07) is 9.62. The number of hydrogen-bond acceptors (Lipinski definition) is 22. The second-order valence-electron chi connectivity index (χ2n) is 18.5. The van der Waals surface area contributed by atoms with E-state index in [0.29, 0.717) is 98.9 Å². The number of aliphatic hydroxyl groups excluding tert-OH is 1. The average molecular weight is 1200 g/mol. The van der Waals surface area contributed by atoms with E-state index in [1.54, 1.807) is 64.8 Å². The summed E-state index contributed by atoms with van der Waals surface area (Å²) >= 11 is 7.29. The Labute approximate surface area is 482 Å². The zero-order chi connectivity index (χ0) is 56.6. The van der Waals surface area contributed by atoms with Crippen LogP contribution in [0.5, 0.6) is 0 Å². The molecule has 0 fully saturated rings. The van der Waals surface area contributed by atoms with E-state index in [1.165, 1.54) is 70.8 Å². The molecule has 9 rings (SSSR count). The molecule has 0 spiro atoms. The van der Waals surface area contributed by atoms with Crippen LogP contribution in [0.25, 0.3) is 43.4 Å². The average Bonchev–Trinajstić information content (AvgIpc) is 4.37. The molecule has 1 aliphatic heterocycles. The van der Waals surface area contributed by atoms with Gasteiger partial charge in [-0.1, -0.05) is 44.2 Å². The standard InChI is InChI=1S/C52H54N14O8S6/c1-24(2)38-52-66-41(33(80-52)19-74-5)45(72)55-18-37(69)63-42(43(70)26-11-7-6-8-12-26)51-60-32(22-77-51)49-58-30(20-76-49)40-27(14-15-28(56-40)48-62-34(23-78-48)61-35(67)13-9-10-16-53)47-59-31(21-75-47)44(71)57-29(17-36(68)54-4)50-65-39(25(3)79-50)46(73)64-38/h6-8,11-12,14-15,20-24,29,38,42-43,70H,9-10,13,16-19,53H2,1-5H3,(H,54,68)(H,55,72)(H,57,71)(H,61,67)(H,63,69)(H,64,73)/t29-,38-,42-,43-/m0/s1. The first kappa shape index (κ1) is 57.5. The van der Waals surface area contributed by atoms with Gasteiger partial charge in [0.25, 0.3) is 17.7 Å². The molecule has 8 heterocycles. The van der Waals surface area contributed by atoms with Gasteiger partial charge < -0.3 is 47.5 Å². The monoisotopic (exact) mass is 1190 g/mol. The van der Waals surface area contributed by atoms with Crippen LogP contribution in [0.15, 0.2) is 64.0 Å².